The lowest BCUT2D eigenvalue weighted by atomic mass is 10.1. The van der Waals surface area contributed by atoms with E-state index in [4.69, 9.17) is 5.73 Å². The molecule has 5 nitrogen and oxygen atoms in total. The summed E-state index contributed by atoms with van der Waals surface area (Å²) in [7, 11) is 1.36. The van der Waals surface area contributed by atoms with Crippen molar-refractivity contribution in [2.45, 2.75) is 13.0 Å². The topological polar surface area (TPSA) is 77.2 Å². The van der Waals surface area contributed by atoms with Crippen molar-refractivity contribution in [1.82, 2.24) is 4.98 Å². The van der Waals surface area contributed by atoms with Crippen LogP contribution in [0.25, 0.3) is 10.8 Å². The molecule has 0 saturated heterocycles. The zero-order valence-electron chi connectivity index (χ0n) is 10.3. The number of esters is 1. The summed E-state index contributed by atoms with van der Waals surface area (Å²) in [5.41, 5.74) is 7.39. The summed E-state index contributed by atoms with van der Waals surface area (Å²) in [6.45, 7) is 1.74. The molecule has 0 aliphatic carbocycles. The van der Waals surface area contributed by atoms with Crippen LogP contribution in [0.4, 0.5) is 11.4 Å². The lowest BCUT2D eigenvalue weighted by Gasteiger charge is -2.15. The highest BCUT2D eigenvalue weighted by Crippen LogP contribution is 2.27. The van der Waals surface area contributed by atoms with Crippen molar-refractivity contribution in [3.8, 4) is 0 Å². The number of nitrogens with one attached hydrogen (secondary N) is 1. The van der Waals surface area contributed by atoms with E-state index in [1.54, 1.807) is 25.4 Å². The van der Waals surface area contributed by atoms with Crippen LogP contribution in [0.5, 0.6) is 0 Å². The number of hydrogen-bond acceptors (Lipinski definition) is 5. The summed E-state index contributed by atoms with van der Waals surface area (Å²) >= 11 is 0. The molecule has 0 bridgehead atoms. The maximum absolute atomic E-state index is 11.4. The molecule has 0 aliphatic rings. The summed E-state index contributed by atoms with van der Waals surface area (Å²) in [6.07, 6.45) is 3.41. The van der Waals surface area contributed by atoms with Crippen LogP contribution in [-0.2, 0) is 9.53 Å². The van der Waals surface area contributed by atoms with Gasteiger partial charge in [0.15, 0.2) is 0 Å². The van der Waals surface area contributed by atoms with Crippen molar-refractivity contribution in [3.05, 3.63) is 30.6 Å². The highest BCUT2D eigenvalue weighted by Gasteiger charge is 2.14. The van der Waals surface area contributed by atoms with Gasteiger partial charge in [0.1, 0.15) is 6.04 Å². The number of carbonyl (C=O) groups is 1. The molecule has 0 aliphatic heterocycles. The summed E-state index contributed by atoms with van der Waals surface area (Å²) in [5.74, 6) is -0.316. The fraction of sp³-hybridized carbons (Fsp3) is 0.231. The fourth-order valence-electron chi connectivity index (χ4n) is 1.81. The smallest absolute Gasteiger partial charge is 0.327 e. The number of ether oxygens (including phenoxy) is 1. The molecule has 0 spiro atoms. The van der Waals surface area contributed by atoms with Gasteiger partial charge in [-0.2, -0.15) is 0 Å². The van der Waals surface area contributed by atoms with Crippen LogP contribution in [0.1, 0.15) is 6.92 Å². The predicted octanol–water partition coefficient (Wildman–Crippen LogP) is 1.79. The van der Waals surface area contributed by atoms with Gasteiger partial charge in [0.05, 0.1) is 7.11 Å². The number of methoxy groups -OCH3 is 1. The van der Waals surface area contributed by atoms with Crippen molar-refractivity contribution < 1.29 is 9.53 Å². The predicted molar refractivity (Wildman–Crippen MR) is 71.3 cm³/mol. The highest BCUT2D eigenvalue weighted by atomic mass is 16.5. The first kappa shape index (κ1) is 12.2. The second-order valence-corrected chi connectivity index (χ2v) is 4.01. The number of fused-ring (bicyclic) bond motifs is 1. The second-order valence-electron chi connectivity index (χ2n) is 4.01. The van der Waals surface area contributed by atoms with Gasteiger partial charge in [0.2, 0.25) is 0 Å². The Hall–Kier alpha value is -2.30. The molecule has 2 rings (SSSR count). The number of carbonyl (C=O) groups excluding carboxylic acids is 1. The Morgan fingerprint density at radius 1 is 1.39 bits per heavy atom. The van der Waals surface area contributed by atoms with E-state index in [0.29, 0.717) is 5.69 Å². The quantitative estimate of drug-likeness (QED) is 0.636. The average molecular weight is 245 g/mol. The minimum atomic E-state index is -0.429. The molecule has 18 heavy (non-hydrogen) atoms. The van der Waals surface area contributed by atoms with E-state index in [1.165, 1.54) is 7.11 Å². The minimum absolute atomic E-state index is 0.316. The molecule has 0 fully saturated rings. The van der Waals surface area contributed by atoms with Crippen LogP contribution in [0.3, 0.4) is 0 Å². The first-order valence-corrected chi connectivity index (χ1v) is 5.60. The SMILES string of the molecule is COC(=O)C(C)Nc1ccc(N)c2ccncc12. The Morgan fingerprint density at radius 2 is 2.17 bits per heavy atom. The van der Waals surface area contributed by atoms with Gasteiger partial charge in [-0.1, -0.05) is 0 Å². The van der Waals surface area contributed by atoms with Crippen molar-refractivity contribution in [2.24, 2.45) is 0 Å². The molecule has 2 aromatic rings. The zero-order valence-corrected chi connectivity index (χ0v) is 10.3. The fourth-order valence-corrected chi connectivity index (χ4v) is 1.81. The lowest BCUT2D eigenvalue weighted by molar-refractivity contribution is -0.141. The van der Waals surface area contributed by atoms with Crippen molar-refractivity contribution in [3.63, 3.8) is 0 Å². The van der Waals surface area contributed by atoms with Crippen LogP contribution in [-0.4, -0.2) is 24.1 Å². The molecule has 94 valence electrons. The van der Waals surface area contributed by atoms with Crippen LogP contribution >= 0.6 is 0 Å². The van der Waals surface area contributed by atoms with E-state index >= 15 is 0 Å². The summed E-state index contributed by atoms with van der Waals surface area (Å²) < 4.78 is 4.68. The monoisotopic (exact) mass is 245 g/mol. The molecular formula is C13H15N3O2. The van der Waals surface area contributed by atoms with Gasteiger partial charge in [-0.25, -0.2) is 4.79 Å². The van der Waals surface area contributed by atoms with E-state index in [2.05, 4.69) is 15.0 Å². The van der Waals surface area contributed by atoms with Crippen molar-refractivity contribution in [1.29, 1.82) is 0 Å². The summed E-state index contributed by atoms with van der Waals surface area (Å²) in [5, 5.41) is 4.88. The number of nitrogen functional groups attached to an aromatic ring is 1. The standard InChI is InChI=1S/C13H15N3O2/c1-8(13(17)18-2)16-12-4-3-11(14)9-5-6-15-7-10(9)12/h3-8,16H,14H2,1-2H3. The molecular weight excluding hydrogens is 230 g/mol. The largest absolute Gasteiger partial charge is 0.467 e. The zero-order chi connectivity index (χ0) is 13.1. The number of pyridine rings is 1. The molecule has 0 saturated carbocycles. The van der Waals surface area contributed by atoms with Gasteiger partial charge in [-0.3, -0.25) is 4.98 Å². The number of nitrogens with two attached hydrogens (primary N) is 1. The molecule has 1 atom stereocenters. The van der Waals surface area contributed by atoms with Crippen LogP contribution < -0.4 is 11.1 Å². The molecule has 3 N–H and O–H groups in total. The second kappa shape index (κ2) is 4.91. The Bertz CT molecular complexity index is 583. The number of rotatable bonds is 3. The van der Waals surface area contributed by atoms with Crippen LogP contribution in [0, 0.1) is 0 Å². The normalized spacial score (nSPS) is 12.1. The molecule has 1 aromatic heterocycles. The van der Waals surface area contributed by atoms with Gasteiger partial charge in [0, 0.05) is 34.5 Å². The maximum Gasteiger partial charge on any atom is 0.327 e. The molecule has 1 heterocycles. The Labute approximate surface area is 105 Å². The highest BCUT2D eigenvalue weighted by molar-refractivity contribution is 6.01. The van der Waals surface area contributed by atoms with Crippen molar-refractivity contribution in [2.75, 3.05) is 18.2 Å². The molecule has 1 unspecified atom stereocenters. The van der Waals surface area contributed by atoms with Gasteiger partial charge < -0.3 is 15.8 Å². The van der Waals surface area contributed by atoms with E-state index in [9.17, 15) is 4.79 Å². The first-order valence-electron chi connectivity index (χ1n) is 5.60. The third-order valence-electron chi connectivity index (χ3n) is 2.78. The molecule has 5 heteroatoms. The van der Waals surface area contributed by atoms with Gasteiger partial charge in [-0.05, 0) is 25.1 Å². The first-order chi connectivity index (χ1) is 8.63. The lowest BCUT2D eigenvalue weighted by Crippen LogP contribution is -2.27. The van der Waals surface area contributed by atoms with E-state index in [1.807, 2.05) is 12.1 Å². The minimum Gasteiger partial charge on any atom is -0.467 e. The Morgan fingerprint density at radius 3 is 2.89 bits per heavy atom. The van der Waals surface area contributed by atoms with Gasteiger partial charge in [0.25, 0.3) is 0 Å². The molecule has 1 aromatic carbocycles. The maximum atomic E-state index is 11.4. The summed E-state index contributed by atoms with van der Waals surface area (Å²) in [4.78, 5) is 15.5. The molecule has 0 amide bonds. The Balaban J connectivity index is 2.40. The number of nitrogens with zero attached hydrogens (tertiary/aromatic N) is 1. The number of hydrogen-bond donors (Lipinski definition) is 2. The van der Waals surface area contributed by atoms with Gasteiger partial charge >= 0.3 is 5.97 Å². The number of aromatic nitrogens is 1. The van der Waals surface area contributed by atoms with Crippen molar-refractivity contribution >= 4 is 28.1 Å². The van der Waals surface area contributed by atoms with Crippen LogP contribution in [0.2, 0.25) is 0 Å². The number of anilines is 2. The molecule has 0 radical (unpaired) electrons. The third kappa shape index (κ3) is 2.20. The Kier molecular flexibility index (Phi) is 3.32. The van der Waals surface area contributed by atoms with Crippen LogP contribution in [0.15, 0.2) is 30.6 Å². The number of benzene rings is 1. The van der Waals surface area contributed by atoms with E-state index in [-0.39, 0.29) is 5.97 Å². The van der Waals surface area contributed by atoms with Gasteiger partial charge in [-0.15, -0.1) is 0 Å². The summed E-state index contributed by atoms with van der Waals surface area (Å²) in [6, 6.07) is 5.05. The third-order valence-corrected chi connectivity index (χ3v) is 2.78. The van der Waals surface area contributed by atoms with E-state index < -0.39 is 6.04 Å². The average Bonchev–Trinajstić information content (AvgIpc) is 2.41. The van der Waals surface area contributed by atoms with E-state index in [0.717, 1.165) is 16.5 Å².